The van der Waals surface area contributed by atoms with Crippen LogP contribution in [0.4, 0.5) is 5.69 Å². The fourth-order valence-electron chi connectivity index (χ4n) is 1.91. The van der Waals surface area contributed by atoms with Crippen molar-refractivity contribution in [2.45, 2.75) is 0 Å². The highest BCUT2D eigenvalue weighted by atomic mass is 35.5. The molecule has 0 aromatic heterocycles. The van der Waals surface area contributed by atoms with Gasteiger partial charge in [0.15, 0.2) is 0 Å². The standard InChI is InChI=1S/C15H11Cl2NO3/c1-18(12-8-3-2-5-9(12)15(20)21)14(19)10-6-4-7-11(16)13(10)17/h2-8H,1H3,(H,20,21). The Hall–Kier alpha value is -2.04. The summed E-state index contributed by atoms with van der Waals surface area (Å²) in [7, 11) is 1.49. The van der Waals surface area contributed by atoms with E-state index in [1.54, 1.807) is 30.3 Å². The topological polar surface area (TPSA) is 57.6 Å². The highest BCUT2D eigenvalue weighted by Gasteiger charge is 2.21. The number of carboxylic acid groups (broad SMARTS) is 1. The van der Waals surface area contributed by atoms with Gasteiger partial charge >= 0.3 is 5.97 Å². The summed E-state index contributed by atoms with van der Waals surface area (Å²) in [4.78, 5) is 24.9. The van der Waals surface area contributed by atoms with E-state index in [2.05, 4.69) is 0 Å². The minimum absolute atomic E-state index is 0.0338. The van der Waals surface area contributed by atoms with Crippen molar-refractivity contribution in [2.75, 3.05) is 11.9 Å². The van der Waals surface area contributed by atoms with Gasteiger partial charge in [0.05, 0.1) is 26.9 Å². The molecule has 0 bridgehead atoms. The number of rotatable bonds is 3. The van der Waals surface area contributed by atoms with E-state index in [0.29, 0.717) is 0 Å². The quantitative estimate of drug-likeness (QED) is 0.929. The maximum Gasteiger partial charge on any atom is 0.337 e. The molecule has 2 rings (SSSR count). The molecule has 2 aromatic carbocycles. The average molecular weight is 324 g/mol. The molecule has 21 heavy (non-hydrogen) atoms. The molecule has 0 saturated carbocycles. The first kappa shape index (κ1) is 15.4. The molecule has 1 amide bonds. The van der Waals surface area contributed by atoms with E-state index in [1.165, 1.54) is 24.1 Å². The average Bonchev–Trinajstić information content (AvgIpc) is 2.48. The molecule has 0 radical (unpaired) electrons. The second kappa shape index (κ2) is 6.16. The summed E-state index contributed by atoms with van der Waals surface area (Å²) in [5.41, 5.74) is 0.532. The van der Waals surface area contributed by atoms with Gasteiger partial charge in [-0.15, -0.1) is 0 Å². The van der Waals surface area contributed by atoms with Crippen molar-refractivity contribution in [1.29, 1.82) is 0 Å². The molecule has 6 heteroatoms. The number of nitrogens with zero attached hydrogens (tertiary/aromatic N) is 1. The van der Waals surface area contributed by atoms with Crippen LogP contribution in [-0.2, 0) is 0 Å². The van der Waals surface area contributed by atoms with Gasteiger partial charge in [0, 0.05) is 7.05 Å². The third-order valence-electron chi connectivity index (χ3n) is 2.98. The van der Waals surface area contributed by atoms with Crippen LogP contribution in [0.5, 0.6) is 0 Å². The number of anilines is 1. The van der Waals surface area contributed by atoms with Crippen molar-refractivity contribution in [3.63, 3.8) is 0 Å². The molecule has 0 aliphatic rings. The Balaban J connectivity index is 2.45. The second-order valence-corrected chi connectivity index (χ2v) is 5.07. The predicted molar refractivity (Wildman–Crippen MR) is 82.6 cm³/mol. The Bertz CT molecular complexity index is 716. The van der Waals surface area contributed by atoms with Gasteiger partial charge in [-0.05, 0) is 24.3 Å². The molecule has 0 aliphatic carbocycles. The molecule has 0 saturated heterocycles. The molecule has 4 nitrogen and oxygen atoms in total. The maximum atomic E-state index is 12.5. The molecule has 108 valence electrons. The lowest BCUT2D eigenvalue weighted by Gasteiger charge is -2.20. The zero-order chi connectivity index (χ0) is 15.6. The Morgan fingerprint density at radius 2 is 1.62 bits per heavy atom. The summed E-state index contributed by atoms with van der Waals surface area (Å²) in [5, 5.41) is 9.59. The number of hydrogen-bond acceptors (Lipinski definition) is 2. The number of benzene rings is 2. The Morgan fingerprint density at radius 3 is 2.29 bits per heavy atom. The van der Waals surface area contributed by atoms with E-state index >= 15 is 0 Å². The summed E-state index contributed by atoms with van der Waals surface area (Å²) < 4.78 is 0. The van der Waals surface area contributed by atoms with Gasteiger partial charge in [-0.25, -0.2) is 4.79 Å². The molecule has 1 N–H and O–H groups in total. The third kappa shape index (κ3) is 3.01. The van der Waals surface area contributed by atoms with Crippen molar-refractivity contribution in [3.05, 3.63) is 63.6 Å². The van der Waals surface area contributed by atoms with Gasteiger partial charge in [-0.2, -0.15) is 0 Å². The summed E-state index contributed by atoms with van der Waals surface area (Å²) in [6.07, 6.45) is 0. The lowest BCUT2D eigenvalue weighted by Crippen LogP contribution is -2.28. The van der Waals surface area contributed by atoms with Gasteiger partial charge < -0.3 is 10.0 Å². The first-order valence-corrected chi connectivity index (χ1v) is 6.73. The first-order chi connectivity index (χ1) is 9.93. The SMILES string of the molecule is CN(C(=O)c1cccc(Cl)c1Cl)c1ccccc1C(=O)O. The smallest absolute Gasteiger partial charge is 0.337 e. The van der Waals surface area contributed by atoms with Crippen LogP contribution in [0.1, 0.15) is 20.7 Å². The lowest BCUT2D eigenvalue weighted by molar-refractivity contribution is 0.0697. The number of halogens is 2. The maximum absolute atomic E-state index is 12.5. The van der Waals surface area contributed by atoms with Crippen LogP contribution < -0.4 is 4.90 Å². The molecular weight excluding hydrogens is 313 g/mol. The van der Waals surface area contributed by atoms with E-state index in [0.717, 1.165) is 0 Å². The van der Waals surface area contributed by atoms with E-state index in [4.69, 9.17) is 23.2 Å². The zero-order valence-electron chi connectivity index (χ0n) is 11.0. The molecule has 0 atom stereocenters. The van der Waals surface area contributed by atoms with Gasteiger partial charge in [0.2, 0.25) is 0 Å². The summed E-state index contributed by atoms with van der Waals surface area (Å²) in [6, 6.07) is 11.0. The Morgan fingerprint density at radius 1 is 1.00 bits per heavy atom. The molecular formula is C15H11Cl2NO3. The fraction of sp³-hybridized carbons (Fsp3) is 0.0667. The molecule has 0 unspecified atom stereocenters. The number of hydrogen-bond donors (Lipinski definition) is 1. The number of amides is 1. The molecule has 0 fully saturated rings. The van der Waals surface area contributed by atoms with Crippen molar-refractivity contribution >= 4 is 40.8 Å². The highest BCUT2D eigenvalue weighted by molar-refractivity contribution is 6.44. The van der Waals surface area contributed by atoms with Crippen LogP contribution in [0, 0.1) is 0 Å². The minimum atomic E-state index is -1.11. The van der Waals surface area contributed by atoms with E-state index in [-0.39, 0.29) is 26.9 Å². The number of para-hydroxylation sites is 1. The molecule has 2 aromatic rings. The minimum Gasteiger partial charge on any atom is -0.478 e. The lowest BCUT2D eigenvalue weighted by atomic mass is 10.1. The van der Waals surface area contributed by atoms with Gasteiger partial charge in [0.25, 0.3) is 5.91 Å². The van der Waals surface area contributed by atoms with Gasteiger partial charge in [-0.1, -0.05) is 41.4 Å². The van der Waals surface area contributed by atoms with Crippen LogP contribution in [0.25, 0.3) is 0 Å². The van der Waals surface area contributed by atoms with Crippen molar-refractivity contribution in [2.24, 2.45) is 0 Å². The number of carboxylic acids is 1. The Labute approximate surface area is 131 Å². The largest absolute Gasteiger partial charge is 0.478 e. The number of aromatic carboxylic acids is 1. The van der Waals surface area contributed by atoms with Crippen LogP contribution in [0.3, 0.4) is 0 Å². The monoisotopic (exact) mass is 323 g/mol. The summed E-state index contributed by atoms with van der Waals surface area (Å²) >= 11 is 11.9. The van der Waals surface area contributed by atoms with E-state index in [9.17, 15) is 14.7 Å². The number of carbonyl (C=O) groups excluding carboxylic acids is 1. The van der Waals surface area contributed by atoms with Crippen molar-refractivity contribution in [3.8, 4) is 0 Å². The fourth-order valence-corrected chi connectivity index (χ4v) is 2.29. The summed E-state index contributed by atoms with van der Waals surface area (Å²) in [6.45, 7) is 0. The van der Waals surface area contributed by atoms with Crippen molar-refractivity contribution < 1.29 is 14.7 Å². The third-order valence-corrected chi connectivity index (χ3v) is 3.80. The van der Waals surface area contributed by atoms with E-state index in [1.807, 2.05) is 0 Å². The highest BCUT2D eigenvalue weighted by Crippen LogP contribution is 2.28. The number of carbonyl (C=O) groups is 2. The normalized spacial score (nSPS) is 10.2. The van der Waals surface area contributed by atoms with Crippen LogP contribution in [0.2, 0.25) is 10.0 Å². The molecule has 0 aliphatic heterocycles. The molecule has 0 spiro atoms. The van der Waals surface area contributed by atoms with Gasteiger partial charge in [-0.3, -0.25) is 4.79 Å². The van der Waals surface area contributed by atoms with Gasteiger partial charge in [0.1, 0.15) is 0 Å². The van der Waals surface area contributed by atoms with E-state index < -0.39 is 11.9 Å². The van der Waals surface area contributed by atoms with Crippen molar-refractivity contribution in [1.82, 2.24) is 0 Å². The first-order valence-electron chi connectivity index (χ1n) is 5.98. The summed E-state index contributed by atoms with van der Waals surface area (Å²) in [5.74, 6) is -1.54. The Kier molecular flexibility index (Phi) is 4.50. The van der Waals surface area contributed by atoms with Crippen LogP contribution >= 0.6 is 23.2 Å². The zero-order valence-corrected chi connectivity index (χ0v) is 12.5. The predicted octanol–water partition coefficient (Wildman–Crippen LogP) is 3.97. The van der Waals surface area contributed by atoms with Crippen LogP contribution in [-0.4, -0.2) is 24.0 Å². The molecule has 0 heterocycles. The second-order valence-electron chi connectivity index (χ2n) is 4.29. The van der Waals surface area contributed by atoms with Crippen LogP contribution in [0.15, 0.2) is 42.5 Å².